The fourth-order valence-electron chi connectivity index (χ4n) is 1.76. The normalized spacial score (nSPS) is 19.4. The molecular formula is C10H21N2O2Si. The van der Waals surface area contributed by atoms with Gasteiger partial charge in [0, 0.05) is 40.4 Å². The minimum absolute atomic E-state index is 0.603. The van der Waals surface area contributed by atoms with Crippen molar-refractivity contribution in [3.8, 4) is 0 Å². The Morgan fingerprint density at radius 2 is 1.87 bits per heavy atom. The van der Waals surface area contributed by atoms with E-state index in [0.717, 1.165) is 45.6 Å². The van der Waals surface area contributed by atoms with Crippen LogP contribution in [0.4, 0.5) is 0 Å². The zero-order valence-corrected chi connectivity index (χ0v) is 10.7. The van der Waals surface area contributed by atoms with Gasteiger partial charge in [0.25, 0.3) is 0 Å². The number of methoxy groups -OCH3 is 2. The lowest BCUT2D eigenvalue weighted by atomic mass is 10.2. The number of rotatable bonds is 6. The first-order chi connectivity index (χ1) is 7.20. The van der Waals surface area contributed by atoms with Crippen LogP contribution < -0.4 is 5.32 Å². The van der Waals surface area contributed by atoms with Crippen LogP contribution in [0, 0.1) is 0 Å². The van der Waals surface area contributed by atoms with Crippen molar-refractivity contribution in [2.75, 3.05) is 46.9 Å². The van der Waals surface area contributed by atoms with E-state index in [-0.39, 0.29) is 0 Å². The molecule has 0 atom stereocenters. The van der Waals surface area contributed by atoms with Gasteiger partial charge < -0.3 is 19.7 Å². The van der Waals surface area contributed by atoms with E-state index in [1.54, 1.807) is 14.2 Å². The average molecular weight is 229 g/mol. The summed E-state index contributed by atoms with van der Waals surface area (Å²) in [6.45, 7) is 5.62. The zero-order chi connectivity index (χ0) is 11.1. The molecule has 0 unspecified atom stereocenters. The summed E-state index contributed by atoms with van der Waals surface area (Å²) in [4.78, 5) is 2.47. The van der Waals surface area contributed by atoms with E-state index in [9.17, 15) is 0 Å². The van der Waals surface area contributed by atoms with Gasteiger partial charge in [-0.15, -0.1) is 0 Å². The lowest BCUT2D eigenvalue weighted by Crippen LogP contribution is -2.44. The summed E-state index contributed by atoms with van der Waals surface area (Å²) in [6, 6.07) is 0. The minimum atomic E-state index is -0.603. The van der Waals surface area contributed by atoms with Gasteiger partial charge in [0.2, 0.25) is 0 Å². The van der Waals surface area contributed by atoms with E-state index in [4.69, 9.17) is 9.47 Å². The van der Waals surface area contributed by atoms with Gasteiger partial charge in [-0.25, -0.2) is 0 Å². The van der Waals surface area contributed by atoms with E-state index in [1.807, 2.05) is 0 Å². The number of hydrogen-bond donors (Lipinski definition) is 1. The molecule has 5 heteroatoms. The summed E-state index contributed by atoms with van der Waals surface area (Å²) in [6.07, 6.45) is 1.94. The molecule has 0 spiro atoms. The summed E-state index contributed by atoms with van der Waals surface area (Å²) in [5.41, 5.74) is -0.603. The number of nitrogens with zero attached hydrogens (tertiary/aromatic N) is 1. The molecule has 15 heavy (non-hydrogen) atoms. The summed E-state index contributed by atoms with van der Waals surface area (Å²) in [5.74, 6) is 0. The first kappa shape index (κ1) is 13.1. The third kappa shape index (κ3) is 4.61. The lowest BCUT2D eigenvalue weighted by molar-refractivity contribution is -0.147. The van der Waals surface area contributed by atoms with Gasteiger partial charge in [-0.05, 0) is 19.4 Å². The molecule has 0 aromatic rings. The van der Waals surface area contributed by atoms with Crippen LogP contribution in [0.1, 0.15) is 12.8 Å². The standard InChI is InChI=1S/C10H21N2O2Si/c1-13-10(15,14-2)4-3-7-12-8-5-11-6-9-12/h11H,3-9H2,1-2H3. The van der Waals surface area contributed by atoms with E-state index < -0.39 is 5.41 Å². The van der Waals surface area contributed by atoms with Gasteiger partial charge in [0.15, 0.2) is 0 Å². The van der Waals surface area contributed by atoms with Crippen LogP contribution >= 0.6 is 0 Å². The monoisotopic (exact) mass is 229 g/mol. The Kier molecular flexibility index (Phi) is 5.77. The highest BCUT2D eigenvalue weighted by molar-refractivity contribution is 6.13. The molecular weight excluding hydrogens is 208 g/mol. The Hall–Kier alpha value is 0.0569. The fraction of sp³-hybridized carbons (Fsp3) is 1.00. The second kappa shape index (κ2) is 6.60. The van der Waals surface area contributed by atoms with Crippen LogP contribution in [0.15, 0.2) is 0 Å². The highest BCUT2D eigenvalue weighted by atomic mass is 28.1. The largest absolute Gasteiger partial charge is 0.358 e. The summed E-state index contributed by atoms with van der Waals surface area (Å²) >= 11 is 0. The van der Waals surface area contributed by atoms with Crippen molar-refractivity contribution < 1.29 is 9.47 Å². The highest BCUT2D eigenvalue weighted by Crippen LogP contribution is 2.14. The van der Waals surface area contributed by atoms with Crippen LogP contribution in [0.2, 0.25) is 0 Å². The van der Waals surface area contributed by atoms with Crippen molar-refractivity contribution in [3.63, 3.8) is 0 Å². The molecule has 4 nitrogen and oxygen atoms in total. The summed E-state index contributed by atoms with van der Waals surface area (Å²) in [7, 11) is 6.79. The van der Waals surface area contributed by atoms with Crippen molar-refractivity contribution in [3.05, 3.63) is 0 Å². The summed E-state index contributed by atoms with van der Waals surface area (Å²) < 4.78 is 10.5. The van der Waals surface area contributed by atoms with E-state index in [2.05, 4.69) is 20.5 Å². The van der Waals surface area contributed by atoms with Gasteiger partial charge in [-0.3, -0.25) is 0 Å². The van der Waals surface area contributed by atoms with Crippen LogP contribution in [0.25, 0.3) is 0 Å². The van der Waals surface area contributed by atoms with Gasteiger partial charge >= 0.3 is 0 Å². The Balaban J connectivity index is 2.14. The number of ether oxygens (including phenoxy) is 2. The lowest BCUT2D eigenvalue weighted by Gasteiger charge is -2.30. The van der Waals surface area contributed by atoms with Crippen molar-refractivity contribution in [1.29, 1.82) is 0 Å². The molecule has 1 rings (SSSR count). The molecule has 0 aromatic heterocycles. The SMILES string of the molecule is COC([Si])(CCCN1CCNCC1)OC. The minimum Gasteiger partial charge on any atom is -0.358 e. The molecule has 1 aliphatic heterocycles. The van der Waals surface area contributed by atoms with E-state index >= 15 is 0 Å². The zero-order valence-electron chi connectivity index (χ0n) is 9.71. The smallest absolute Gasteiger partial charge is 0.143 e. The number of piperazine rings is 1. The van der Waals surface area contributed by atoms with Crippen LogP contribution in [-0.4, -0.2) is 67.5 Å². The fourth-order valence-corrected chi connectivity index (χ4v) is 1.93. The van der Waals surface area contributed by atoms with E-state index in [1.165, 1.54) is 0 Å². The Morgan fingerprint density at radius 1 is 1.27 bits per heavy atom. The third-order valence-electron chi connectivity index (χ3n) is 2.85. The van der Waals surface area contributed by atoms with Crippen LogP contribution in [0.5, 0.6) is 0 Å². The quantitative estimate of drug-likeness (QED) is 0.505. The second-order valence-electron chi connectivity index (χ2n) is 3.86. The maximum Gasteiger partial charge on any atom is 0.143 e. The molecule has 1 fully saturated rings. The third-order valence-corrected chi connectivity index (χ3v) is 3.51. The van der Waals surface area contributed by atoms with Crippen molar-refractivity contribution >= 4 is 10.2 Å². The molecule has 3 radical (unpaired) electrons. The molecule has 0 saturated carbocycles. The first-order valence-electron chi connectivity index (χ1n) is 5.48. The van der Waals surface area contributed by atoms with E-state index in [0.29, 0.717) is 0 Å². The topological polar surface area (TPSA) is 33.7 Å². The Bertz CT molecular complexity index is 171. The second-order valence-corrected chi connectivity index (χ2v) is 4.62. The molecule has 87 valence electrons. The van der Waals surface area contributed by atoms with Gasteiger partial charge in [0.05, 0.1) is 0 Å². The number of hydrogen-bond acceptors (Lipinski definition) is 4. The van der Waals surface area contributed by atoms with Crippen molar-refractivity contribution in [2.45, 2.75) is 18.3 Å². The molecule has 0 amide bonds. The molecule has 0 aromatic carbocycles. The average Bonchev–Trinajstić information content (AvgIpc) is 2.30. The highest BCUT2D eigenvalue weighted by Gasteiger charge is 2.22. The van der Waals surface area contributed by atoms with Gasteiger partial charge in [-0.1, -0.05) is 0 Å². The van der Waals surface area contributed by atoms with Crippen LogP contribution in [-0.2, 0) is 9.47 Å². The summed E-state index contributed by atoms with van der Waals surface area (Å²) in [5, 5.41) is 3.34. The predicted octanol–water partition coefficient (Wildman–Crippen LogP) is -0.213. The van der Waals surface area contributed by atoms with Gasteiger partial charge in [-0.2, -0.15) is 0 Å². The molecule has 0 aliphatic carbocycles. The van der Waals surface area contributed by atoms with Gasteiger partial charge in [0.1, 0.15) is 15.7 Å². The Morgan fingerprint density at radius 3 is 2.40 bits per heavy atom. The Labute approximate surface area is 95.7 Å². The van der Waals surface area contributed by atoms with Crippen LogP contribution in [0.3, 0.4) is 0 Å². The first-order valence-corrected chi connectivity index (χ1v) is 5.98. The predicted molar refractivity (Wildman–Crippen MR) is 61.0 cm³/mol. The maximum atomic E-state index is 5.24. The molecule has 1 N–H and O–H groups in total. The van der Waals surface area contributed by atoms with Crippen molar-refractivity contribution in [1.82, 2.24) is 10.2 Å². The molecule has 1 saturated heterocycles. The molecule has 1 heterocycles. The maximum absolute atomic E-state index is 5.24. The number of nitrogens with one attached hydrogen (secondary N) is 1. The van der Waals surface area contributed by atoms with Crippen molar-refractivity contribution in [2.24, 2.45) is 0 Å². The molecule has 1 aliphatic rings. The molecule has 0 bridgehead atoms.